The molecule has 0 spiro atoms. The lowest BCUT2D eigenvalue weighted by molar-refractivity contribution is 0.0730. The minimum absolute atomic E-state index is 0.279. The summed E-state index contributed by atoms with van der Waals surface area (Å²) in [4.78, 5) is 5.53. The Morgan fingerprint density at radius 3 is 2.83 bits per heavy atom. The predicted molar refractivity (Wildman–Crippen MR) is 85.9 cm³/mol. The lowest BCUT2D eigenvalue weighted by atomic mass is 10.2. The Hall–Kier alpha value is -1.81. The average Bonchev–Trinajstić information content (AvgIpc) is 3.17. The largest absolute Gasteiger partial charge is 0.379 e. The van der Waals surface area contributed by atoms with Crippen molar-refractivity contribution in [2.75, 3.05) is 26.3 Å². The molecule has 7 nitrogen and oxygen atoms in total. The molecule has 1 aliphatic rings. The second-order valence-corrected chi connectivity index (χ2v) is 7.89. The van der Waals surface area contributed by atoms with E-state index in [1.807, 2.05) is 6.07 Å². The Morgan fingerprint density at radius 1 is 1.22 bits per heavy atom. The number of imidazole rings is 1. The second-order valence-electron chi connectivity index (χ2n) is 5.14. The lowest BCUT2D eigenvalue weighted by Gasteiger charge is -2.26. The molecule has 4 rings (SSSR count). The molecule has 0 saturated carbocycles. The van der Waals surface area contributed by atoms with E-state index in [1.165, 1.54) is 15.6 Å². The topological polar surface area (TPSA) is 76.8 Å². The smallest absolute Gasteiger partial charge is 0.243 e. The molecule has 0 aliphatic carbocycles. The third-order valence-electron chi connectivity index (χ3n) is 3.72. The molecule has 1 aliphatic heterocycles. The van der Waals surface area contributed by atoms with Crippen LogP contribution in [0.2, 0.25) is 0 Å². The first-order valence-corrected chi connectivity index (χ1v) is 9.44. The number of nitrogens with zero attached hydrogens (tertiary/aromatic N) is 4. The Balaban J connectivity index is 1.72. The van der Waals surface area contributed by atoms with Crippen molar-refractivity contribution in [2.45, 2.75) is 4.90 Å². The molecule has 9 heteroatoms. The molecule has 3 heterocycles. The van der Waals surface area contributed by atoms with Gasteiger partial charge in [0.2, 0.25) is 15.0 Å². The minimum atomic E-state index is -3.50. The van der Waals surface area contributed by atoms with Crippen LogP contribution in [0.3, 0.4) is 0 Å². The van der Waals surface area contributed by atoms with Gasteiger partial charge in [-0.25, -0.2) is 17.9 Å². The molecule has 1 saturated heterocycles. The van der Waals surface area contributed by atoms with E-state index in [-0.39, 0.29) is 4.90 Å². The van der Waals surface area contributed by atoms with Crippen LogP contribution in [0.25, 0.3) is 16.2 Å². The van der Waals surface area contributed by atoms with Gasteiger partial charge in [0.25, 0.3) is 0 Å². The molecule has 1 aromatic carbocycles. The van der Waals surface area contributed by atoms with Crippen LogP contribution in [0.1, 0.15) is 0 Å². The van der Waals surface area contributed by atoms with Crippen LogP contribution < -0.4 is 0 Å². The van der Waals surface area contributed by atoms with Crippen LogP contribution in [0.15, 0.2) is 40.9 Å². The number of benzene rings is 1. The molecule has 0 N–H and O–H groups in total. The monoisotopic (exact) mass is 350 g/mol. The van der Waals surface area contributed by atoms with Gasteiger partial charge in [0.1, 0.15) is 5.51 Å². The SMILES string of the molecule is O=S(=O)(c1cccc(-c2cn3ncsc3n2)c1)N1CCOCC1. The van der Waals surface area contributed by atoms with Crippen molar-refractivity contribution in [3.63, 3.8) is 0 Å². The van der Waals surface area contributed by atoms with Crippen LogP contribution in [0, 0.1) is 0 Å². The van der Waals surface area contributed by atoms with E-state index >= 15 is 0 Å². The standard InChI is InChI=1S/C14H14N4O3S2/c19-23(20,17-4-6-21-7-5-17)12-3-1-2-11(8-12)13-9-18-14(16-13)22-10-15-18/h1-3,8-10H,4-7H2. The maximum atomic E-state index is 12.7. The fraction of sp³-hybridized carbons (Fsp3) is 0.286. The zero-order chi connectivity index (χ0) is 15.9. The zero-order valence-electron chi connectivity index (χ0n) is 12.1. The first-order valence-electron chi connectivity index (χ1n) is 7.12. The van der Waals surface area contributed by atoms with E-state index in [1.54, 1.807) is 34.4 Å². The van der Waals surface area contributed by atoms with Crippen LogP contribution in [-0.2, 0) is 14.8 Å². The molecule has 1 fully saturated rings. The van der Waals surface area contributed by atoms with Crippen molar-refractivity contribution in [3.05, 3.63) is 36.0 Å². The highest BCUT2D eigenvalue weighted by molar-refractivity contribution is 7.89. The Morgan fingerprint density at radius 2 is 2.04 bits per heavy atom. The minimum Gasteiger partial charge on any atom is -0.379 e. The van der Waals surface area contributed by atoms with Crippen LogP contribution in [0.4, 0.5) is 0 Å². The Labute approximate surface area is 137 Å². The summed E-state index contributed by atoms with van der Waals surface area (Å²) < 4.78 is 33.8. The van der Waals surface area contributed by atoms with Crippen LogP contribution in [0.5, 0.6) is 0 Å². The fourth-order valence-corrected chi connectivity index (χ4v) is 4.59. The molecule has 0 unspecified atom stereocenters. The summed E-state index contributed by atoms with van der Waals surface area (Å²) in [6.45, 7) is 1.64. The maximum absolute atomic E-state index is 12.7. The Kier molecular flexibility index (Phi) is 3.64. The fourth-order valence-electron chi connectivity index (χ4n) is 2.53. The summed E-state index contributed by atoms with van der Waals surface area (Å²) in [6, 6.07) is 6.87. The van der Waals surface area contributed by atoms with Crippen molar-refractivity contribution in [3.8, 4) is 11.3 Å². The molecule has 0 atom stereocenters. The number of rotatable bonds is 3. The van der Waals surface area contributed by atoms with Crippen molar-refractivity contribution in [2.24, 2.45) is 0 Å². The maximum Gasteiger partial charge on any atom is 0.243 e. The molecule has 3 aromatic rings. The third kappa shape index (κ3) is 2.65. The van der Waals surface area contributed by atoms with Gasteiger partial charge in [-0.05, 0) is 12.1 Å². The van der Waals surface area contributed by atoms with E-state index in [2.05, 4.69) is 10.1 Å². The number of aromatic nitrogens is 3. The van der Waals surface area contributed by atoms with Gasteiger partial charge < -0.3 is 4.74 Å². The van der Waals surface area contributed by atoms with E-state index in [9.17, 15) is 8.42 Å². The van der Waals surface area contributed by atoms with Gasteiger partial charge in [-0.3, -0.25) is 0 Å². The molecule has 0 amide bonds. The van der Waals surface area contributed by atoms with Crippen molar-refractivity contribution < 1.29 is 13.2 Å². The van der Waals surface area contributed by atoms with Gasteiger partial charge in [0.15, 0.2) is 0 Å². The highest BCUT2D eigenvalue weighted by Crippen LogP contribution is 2.25. The van der Waals surface area contributed by atoms with E-state index < -0.39 is 10.0 Å². The van der Waals surface area contributed by atoms with Crippen LogP contribution in [-0.4, -0.2) is 53.6 Å². The highest BCUT2D eigenvalue weighted by atomic mass is 32.2. The van der Waals surface area contributed by atoms with Gasteiger partial charge in [-0.15, -0.1) is 0 Å². The summed E-state index contributed by atoms with van der Waals surface area (Å²) in [6.07, 6.45) is 1.80. The Bertz CT molecular complexity index is 913. The third-order valence-corrected chi connectivity index (χ3v) is 6.31. The quantitative estimate of drug-likeness (QED) is 0.715. The van der Waals surface area contributed by atoms with Crippen molar-refractivity contribution in [1.29, 1.82) is 0 Å². The number of hydrogen-bond donors (Lipinski definition) is 0. The first-order chi connectivity index (χ1) is 11.1. The number of ether oxygens (including phenoxy) is 1. The molecule has 0 bridgehead atoms. The van der Waals surface area contributed by atoms with Gasteiger partial charge in [-0.2, -0.15) is 9.40 Å². The van der Waals surface area contributed by atoms with Crippen molar-refractivity contribution >= 4 is 26.3 Å². The second kappa shape index (κ2) is 5.68. The lowest BCUT2D eigenvalue weighted by Crippen LogP contribution is -2.40. The zero-order valence-corrected chi connectivity index (χ0v) is 13.8. The van der Waals surface area contributed by atoms with Crippen molar-refractivity contribution in [1.82, 2.24) is 18.9 Å². The summed E-state index contributed by atoms with van der Waals surface area (Å²) >= 11 is 1.44. The molecular weight excluding hydrogens is 336 g/mol. The van der Waals surface area contributed by atoms with Gasteiger partial charge in [0, 0.05) is 18.7 Å². The molecule has 2 aromatic heterocycles. The van der Waals surface area contributed by atoms with Gasteiger partial charge >= 0.3 is 0 Å². The predicted octanol–water partition coefficient (Wildman–Crippen LogP) is 1.48. The van der Waals surface area contributed by atoms with Gasteiger partial charge in [0.05, 0.1) is 30.0 Å². The number of sulfonamides is 1. The van der Waals surface area contributed by atoms with Gasteiger partial charge in [-0.1, -0.05) is 23.5 Å². The highest BCUT2D eigenvalue weighted by Gasteiger charge is 2.26. The molecular formula is C14H14N4O3S2. The summed E-state index contributed by atoms with van der Waals surface area (Å²) in [5.74, 6) is 0. The van der Waals surface area contributed by atoms with E-state index in [0.29, 0.717) is 32.0 Å². The molecule has 23 heavy (non-hydrogen) atoms. The number of fused-ring (bicyclic) bond motifs is 1. The van der Waals surface area contributed by atoms with E-state index in [4.69, 9.17) is 4.74 Å². The summed E-state index contributed by atoms with van der Waals surface area (Å²) in [5.41, 5.74) is 3.19. The summed E-state index contributed by atoms with van der Waals surface area (Å²) in [5, 5.41) is 4.14. The normalized spacial score (nSPS) is 16.9. The number of hydrogen-bond acceptors (Lipinski definition) is 6. The van der Waals surface area contributed by atoms with Crippen LogP contribution >= 0.6 is 11.3 Å². The summed E-state index contributed by atoms with van der Waals surface area (Å²) in [7, 11) is -3.50. The molecule has 120 valence electrons. The first kappa shape index (κ1) is 14.8. The van der Waals surface area contributed by atoms with E-state index in [0.717, 1.165) is 10.5 Å². The average molecular weight is 350 g/mol. The molecule has 0 radical (unpaired) electrons. The number of morpholine rings is 1.